The Bertz CT molecular complexity index is 993. The molecule has 128 valence electrons. The number of carbonyl (C=O) groups is 1. The average Bonchev–Trinajstić information content (AvgIpc) is 2.97. The van der Waals surface area contributed by atoms with E-state index in [1.54, 1.807) is 18.5 Å². The number of benzene rings is 1. The zero-order chi connectivity index (χ0) is 18.0. The lowest BCUT2D eigenvalue weighted by atomic mass is 9.79. The molecule has 7 heteroatoms. The van der Waals surface area contributed by atoms with E-state index in [-0.39, 0.29) is 0 Å². The van der Waals surface area contributed by atoms with Gasteiger partial charge in [-0.15, -0.1) is 0 Å². The minimum atomic E-state index is -1.03. The highest BCUT2D eigenvalue weighted by Gasteiger charge is 2.51. The Kier molecular flexibility index (Phi) is 3.26. The van der Waals surface area contributed by atoms with Crippen LogP contribution >= 0.6 is 0 Å². The first-order valence-corrected chi connectivity index (χ1v) is 8.18. The molecule has 3 aromatic rings. The number of carboxylic acid groups (broad SMARTS) is 1. The van der Waals surface area contributed by atoms with Crippen LogP contribution in [0.2, 0.25) is 0 Å². The number of fused-ring (bicyclic) bond motifs is 3. The lowest BCUT2D eigenvalue weighted by Crippen LogP contribution is -2.41. The summed E-state index contributed by atoms with van der Waals surface area (Å²) in [4.78, 5) is 15.9. The first kappa shape index (κ1) is 16.1. The first-order valence-electron chi connectivity index (χ1n) is 8.18. The molecule has 2 aromatic heterocycles. The summed E-state index contributed by atoms with van der Waals surface area (Å²) < 4.78 is 13.4. The maximum atomic E-state index is 11.8. The maximum Gasteiger partial charge on any atom is 0.494 e. The zero-order valence-corrected chi connectivity index (χ0v) is 14.6. The quantitative estimate of drug-likeness (QED) is 0.691. The van der Waals surface area contributed by atoms with Crippen LogP contribution in [0.1, 0.15) is 27.7 Å². The van der Waals surface area contributed by atoms with Gasteiger partial charge in [-0.05, 0) is 45.3 Å². The fourth-order valence-electron chi connectivity index (χ4n) is 3.21. The summed E-state index contributed by atoms with van der Waals surface area (Å²) in [6.07, 6.45) is 2.25. The van der Waals surface area contributed by atoms with Crippen LogP contribution < -0.4 is 5.46 Å². The molecule has 3 heterocycles. The SMILES string of the molecule is CC1(C)OB(c2ccc3c4cnccc4n(C(=O)O)c3c2)OC1(C)C. The Morgan fingerprint density at radius 3 is 2.40 bits per heavy atom. The molecule has 1 fully saturated rings. The Hall–Kier alpha value is -2.38. The molecule has 1 saturated heterocycles. The van der Waals surface area contributed by atoms with Crippen molar-refractivity contribution in [2.45, 2.75) is 38.9 Å². The fraction of sp³-hybridized carbons (Fsp3) is 0.333. The third kappa shape index (κ3) is 2.27. The average molecular weight is 338 g/mol. The number of nitrogens with zero attached hydrogens (tertiary/aromatic N) is 2. The summed E-state index contributed by atoms with van der Waals surface area (Å²) in [6.45, 7) is 7.97. The molecule has 0 aliphatic carbocycles. The van der Waals surface area contributed by atoms with E-state index in [1.807, 2.05) is 45.9 Å². The van der Waals surface area contributed by atoms with Gasteiger partial charge in [0.05, 0.1) is 22.2 Å². The van der Waals surface area contributed by atoms with Gasteiger partial charge in [0.2, 0.25) is 0 Å². The molecular formula is C18H19BN2O4. The number of hydrogen-bond donors (Lipinski definition) is 1. The number of pyridine rings is 1. The van der Waals surface area contributed by atoms with Crippen LogP contribution in [0.4, 0.5) is 4.79 Å². The highest BCUT2D eigenvalue weighted by atomic mass is 16.7. The predicted octanol–water partition coefficient (Wildman–Crippen LogP) is 3.01. The number of hydrogen-bond acceptors (Lipinski definition) is 4. The van der Waals surface area contributed by atoms with Gasteiger partial charge < -0.3 is 14.4 Å². The second-order valence-electron chi connectivity index (χ2n) is 7.38. The van der Waals surface area contributed by atoms with E-state index in [0.29, 0.717) is 11.0 Å². The van der Waals surface area contributed by atoms with E-state index in [2.05, 4.69) is 4.98 Å². The molecule has 6 nitrogen and oxygen atoms in total. The molecule has 0 bridgehead atoms. The topological polar surface area (TPSA) is 73.6 Å². The summed E-state index contributed by atoms with van der Waals surface area (Å²) in [7, 11) is -0.534. The molecule has 0 saturated carbocycles. The van der Waals surface area contributed by atoms with Crippen molar-refractivity contribution in [1.29, 1.82) is 0 Å². The van der Waals surface area contributed by atoms with Crippen LogP contribution in [-0.2, 0) is 9.31 Å². The van der Waals surface area contributed by atoms with Crippen LogP contribution in [0.3, 0.4) is 0 Å². The summed E-state index contributed by atoms with van der Waals surface area (Å²) in [5, 5.41) is 11.3. The summed E-state index contributed by atoms with van der Waals surface area (Å²) in [6, 6.07) is 7.35. The smallest absolute Gasteiger partial charge is 0.464 e. The van der Waals surface area contributed by atoms with E-state index in [1.165, 1.54) is 4.57 Å². The zero-order valence-electron chi connectivity index (χ0n) is 14.6. The molecule has 0 spiro atoms. The van der Waals surface area contributed by atoms with E-state index < -0.39 is 24.4 Å². The summed E-state index contributed by atoms with van der Waals surface area (Å²) in [5.74, 6) is 0. The normalized spacial score (nSPS) is 19.0. The van der Waals surface area contributed by atoms with Crippen LogP contribution in [-0.4, -0.2) is 39.1 Å². The van der Waals surface area contributed by atoms with Crippen LogP contribution in [0, 0.1) is 0 Å². The Balaban J connectivity index is 1.90. The third-order valence-electron chi connectivity index (χ3n) is 5.31. The van der Waals surface area contributed by atoms with Gasteiger partial charge in [0.25, 0.3) is 0 Å². The molecule has 1 N–H and O–H groups in total. The summed E-state index contributed by atoms with van der Waals surface area (Å²) >= 11 is 0. The van der Waals surface area contributed by atoms with E-state index in [9.17, 15) is 9.90 Å². The molecule has 0 unspecified atom stereocenters. The van der Waals surface area contributed by atoms with Gasteiger partial charge in [0.15, 0.2) is 0 Å². The van der Waals surface area contributed by atoms with E-state index in [4.69, 9.17) is 9.31 Å². The monoisotopic (exact) mass is 338 g/mol. The van der Waals surface area contributed by atoms with Crippen molar-refractivity contribution in [2.24, 2.45) is 0 Å². The van der Waals surface area contributed by atoms with E-state index >= 15 is 0 Å². The van der Waals surface area contributed by atoms with Crippen LogP contribution in [0.15, 0.2) is 36.7 Å². The second-order valence-corrected chi connectivity index (χ2v) is 7.38. The predicted molar refractivity (Wildman–Crippen MR) is 96.4 cm³/mol. The molecule has 1 aromatic carbocycles. The molecule has 4 rings (SSSR count). The standard InChI is InChI=1S/C18H19BN2O4/c1-17(2)18(3,4)25-19(24-17)11-5-6-12-13-10-20-8-7-14(13)21(16(22)23)15(12)9-11/h5-10H,1-4H3,(H,22,23). The van der Waals surface area contributed by atoms with Gasteiger partial charge >= 0.3 is 13.2 Å². The number of rotatable bonds is 1. The molecule has 1 aliphatic heterocycles. The Labute approximate surface area is 145 Å². The van der Waals surface area contributed by atoms with Gasteiger partial charge in [-0.3, -0.25) is 4.98 Å². The Morgan fingerprint density at radius 2 is 1.76 bits per heavy atom. The highest BCUT2D eigenvalue weighted by molar-refractivity contribution is 6.62. The van der Waals surface area contributed by atoms with Gasteiger partial charge in [-0.25, -0.2) is 9.36 Å². The molecule has 0 amide bonds. The van der Waals surface area contributed by atoms with Gasteiger partial charge in [-0.1, -0.05) is 12.1 Å². The highest BCUT2D eigenvalue weighted by Crippen LogP contribution is 2.37. The summed E-state index contributed by atoms with van der Waals surface area (Å²) in [5.41, 5.74) is 1.11. The van der Waals surface area contributed by atoms with E-state index in [0.717, 1.165) is 16.2 Å². The van der Waals surface area contributed by atoms with Gasteiger partial charge in [0, 0.05) is 23.2 Å². The molecule has 0 radical (unpaired) electrons. The van der Waals surface area contributed by atoms with Crippen LogP contribution in [0.5, 0.6) is 0 Å². The molecular weight excluding hydrogens is 319 g/mol. The fourth-order valence-corrected chi connectivity index (χ4v) is 3.21. The Morgan fingerprint density at radius 1 is 1.08 bits per heavy atom. The largest absolute Gasteiger partial charge is 0.494 e. The van der Waals surface area contributed by atoms with Crippen molar-refractivity contribution < 1.29 is 19.2 Å². The van der Waals surface area contributed by atoms with Crippen molar-refractivity contribution in [3.8, 4) is 0 Å². The van der Waals surface area contributed by atoms with Crippen molar-refractivity contribution in [2.75, 3.05) is 0 Å². The van der Waals surface area contributed by atoms with Gasteiger partial charge in [-0.2, -0.15) is 0 Å². The lowest BCUT2D eigenvalue weighted by molar-refractivity contribution is 0.00578. The third-order valence-corrected chi connectivity index (χ3v) is 5.31. The molecule has 1 aliphatic rings. The van der Waals surface area contributed by atoms with Crippen LogP contribution in [0.25, 0.3) is 21.8 Å². The molecule has 0 atom stereocenters. The second kappa shape index (κ2) is 5.06. The minimum absolute atomic E-state index is 0.448. The maximum absolute atomic E-state index is 11.8. The van der Waals surface area contributed by atoms with Crippen molar-refractivity contribution in [3.05, 3.63) is 36.7 Å². The molecule has 25 heavy (non-hydrogen) atoms. The first-order chi connectivity index (χ1) is 11.7. The van der Waals surface area contributed by atoms with Crippen molar-refractivity contribution in [3.63, 3.8) is 0 Å². The van der Waals surface area contributed by atoms with Gasteiger partial charge in [0.1, 0.15) is 0 Å². The minimum Gasteiger partial charge on any atom is -0.464 e. The van der Waals surface area contributed by atoms with Crippen molar-refractivity contribution in [1.82, 2.24) is 9.55 Å². The number of aromatic nitrogens is 2. The lowest BCUT2D eigenvalue weighted by Gasteiger charge is -2.32. The van der Waals surface area contributed by atoms with Crippen molar-refractivity contribution >= 4 is 40.5 Å².